The number of hydrogen-bond acceptors (Lipinski definition) is 3. The number of thioether (sulfide) groups is 2. The second-order valence-corrected chi connectivity index (χ2v) is 5.79. The molecule has 1 rings (SSSR count). The number of hydrogen-bond donors (Lipinski definition) is 0. The van der Waals surface area contributed by atoms with Crippen molar-refractivity contribution in [1.82, 2.24) is 0 Å². The van der Waals surface area contributed by atoms with Gasteiger partial charge < -0.3 is 0 Å². The molecule has 0 N–H and O–H groups in total. The molecule has 0 amide bonds. The van der Waals surface area contributed by atoms with Gasteiger partial charge in [-0.3, -0.25) is 4.99 Å². The Morgan fingerprint density at radius 3 is 2.50 bits per heavy atom. The molecule has 70 valence electrons. The molecule has 3 heteroatoms. The van der Waals surface area contributed by atoms with Crippen molar-refractivity contribution in [2.75, 3.05) is 0 Å². The first-order valence-corrected chi connectivity index (χ1v) is 6.51. The Balaban J connectivity index is 2.57. The first kappa shape index (κ1) is 10.5. The van der Waals surface area contributed by atoms with Gasteiger partial charge in [-0.2, -0.15) is 0 Å². The van der Waals surface area contributed by atoms with Crippen molar-refractivity contribution in [1.29, 1.82) is 0 Å². The van der Waals surface area contributed by atoms with Crippen molar-refractivity contribution < 1.29 is 0 Å². The van der Waals surface area contributed by atoms with Gasteiger partial charge in [0.15, 0.2) is 0 Å². The third-order valence-corrected chi connectivity index (χ3v) is 5.12. The lowest BCUT2D eigenvalue weighted by atomic mass is 10.4. The normalized spacial score (nSPS) is 30.1. The first-order valence-electron chi connectivity index (χ1n) is 4.68. The minimum Gasteiger partial charge on any atom is -0.269 e. The third kappa shape index (κ3) is 2.70. The molecule has 0 saturated carbocycles. The molecule has 0 unspecified atom stereocenters. The van der Waals surface area contributed by atoms with Gasteiger partial charge in [0.1, 0.15) is 0 Å². The molecule has 12 heavy (non-hydrogen) atoms. The maximum absolute atomic E-state index is 4.66. The molecule has 0 radical (unpaired) electrons. The van der Waals surface area contributed by atoms with Crippen LogP contribution >= 0.6 is 23.5 Å². The molecule has 2 atom stereocenters. The molecule has 1 heterocycles. The van der Waals surface area contributed by atoms with Crippen LogP contribution in [0, 0.1) is 0 Å². The Morgan fingerprint density at radius 1 is 1.25 bits per heavy atom. The molecular formula is C9H17NS2. The third-order valence-electron chi connectivity index (χ3n) is 1.85. The van der Waals surface area contributed by atoms with Gasteiger partial charge in [0.25, 0.3) is 0 Å². The van der Waals surface area contributed by atoms with Crippen LogP contribution in [0.25, 0.3) is 0 Å². The van der Waals surface area contributed by atoms with E-state index in [1.807, 2.05) is 23.5 Å². The highest BCUT2D eigenvalue weighted by Crippen LogP contribution is 2.38. The molecule has 1 nitrogen and oxygen atoms in total. The fourth-order valence-electron chi connectivity index (χ4n) is 1.12. The highest BCUT2D eigenvalue weighted by atomic mass is 32.2. The van der Waals surface area contributed by atoms with E-state index >= 15 is 0 Å². The summed E-state index contributed by atoms with van der Waals surface area (Å²) in [5, 5.41) is 1.89. The lowest BCUT2D eigenvalue weighted by molar-refractivity contribution is 0.859. The summed E-state index contributed by atoms with van der Waals surface area (Å²) in [4.78, 5) is 4.66. The van der Waals surface area contributed by atoms with Gasteiger partial charge in [0, 0.05) is 0 Å². The summed E-state index contributed by atoms with van der Waals surface area (Å²) in [5.41, 5.74) is 0. The summed E-state index contributed by atoms with van der Waals surface area (Å²) in [6.45, 7) is 6.68. The Hall–Kier alpha value is 0.370. The molecule has 1 aliphatic rings. The van der Waals surface area contributed by atoms with Crippen molar-refractivity contribution in [3.63, 3.8) is 0 Å². The standard InChI is InChI=1S/C9H17NS2/c1-4-7-10-8(5-2)12-9(6-3)11-7/h7,9H,4-6H2,1-3H3/t7-,9-/m0/s1. The zero-order valence-electron chi connectivity index (χ0n) is 8.04. The van der Waals surface area contributed by atoms with E-state index in [-0.39, 0.29) is 0 Å². The van der Waals surface area contributed by atoms with Gasteiger partial charge in [0.05, 0.1) is 15.0 Å². The van der Waals surface area contributed by atoms with Crippen LogP contribution in [0.5, 0.6) is 0 Å². The molecule has 0 aliphatic carbocycles. The van der Waals surface area contributed by atoms with Gasteiger partial charge in [-0.1, -0.05) is 32.5 Å². The summed E-state index contributed by atoms with van der Waals surface area (Å²) in [6.07, 6.45) is 3.54. The Morgan fingerprint density at radius 2 is 2.00 bits per heavy atom. The highest BCUT2D eigenvalue weighted by molar-refractivity contribution is 8.25. The van der Waals surface area contributed by atoms with Crippen molar-refractivity contribution in [2.45, 2.75) is 50.0 Å². The van der Waals surface area contributed by atoms with Crippen LogP contribution in [0.15, 0.2) is 4.99 Å². The van der Waals surface area contributed by atoms with E-state index in [0.29, 0.717) is 5.37 Å². The maximum Gasteiger partial charge on any atom is 0.0969 e. The SMILES string of the molecule is CCC1=N[C@H](CC)S[C@H](CC)S1. The van der Waals surface area contributed by atoms with Crippen LogP contribution in [0.1, 0.15) is 40.0 Å². The Kier molecular flexibility index (Phi) is 4.51. The zero-order valence-corrected chi connectivity index (χ0v) is 9.67. The van der Waals surface area contributed by atoms with Crippen molar-refractivity contribution in [3.8, 4) is 0 Å². The van der Waals surface area contributed by atoms with E-state index in [0.717, 1.165) is 11.0 Å². The maximum atomic E-state index is 4.66. The second kappa shape index (κ2) is 5.18. The van der Waals surface area contributed by atoms with E-state index in [1.165, 1.54) is 17.9 Å². The van der Waals surface area contributed by atoms with Gasteiger partial charge in [-0.25, -0.2) is 0 Å². The van der Waals surface area contributed by atoms with Crippen LogP contribution in [0.3, 0.4) is 0 Å². The molecule has 0 spiro atoms. The van der Waals surface area contributed by atoms with Crippen LogP contribution in [0.2, 0.25) is 0 Å². The van der Waals surface area contributed by atoms with Gasteiger partial charge in [0.2, 0.25) is 0 Å². The second-order valence-electron chi connectivity index (χ2n) is 2.83. The minimum absolute atomic E-state index is 0.533. The molecule has 1 aliphatic heterocycles. The molecule has 0 aromatic carbocycles. The van der Waals surface area contributed by atoms with E-state index in [4.69, 9.17) is 0 Å². The van der Waals surface area contributed by atoms with E-state index < -0.39 is 0 Å². The number of rotatable bonds is 3. The lowest BCUT2D eigenvalue weighted by Crippen LogP contribution is -2.14. The molecule has 0 bridgehead atoms. The Bertz CT molecular complexity index is 168. The van der Waals surface area contributed by atoms with Crippen molar-refractivity contribution in [2.24, 2.45) is 4.99 Å². The topological polar surface area (TPSA) is 12.4 Å². The van der Waals surface area contributed by atoms with Crippen LogP contribution in [-0.4, -0.2) is 15.0 Å². The highest BCUT2D eigenvalue weighted by Gasteiger charge is 2.21. The number of aliphatic imine (C=N–C) groups is 1. The molecule has 0 saturated heterocycles. The zero-order chi connectivity index (χ0) is 8.97. The van der Waals surface area contributed by atoms with E-state index in [1.54, 1.807) is 0 Å². The largest absolute Gasteiger partial charge is 0.269 e. The predicted molar refractivity (Wildman–Crippen MR) is 61.1 cm³/mol. The smallest absolute Gasteiger partial charge is 0.0969 e. The number of nitrogens with zero attached hydrogens (tertiary/aromatic N) is 1. The minimum atomic E-state index is 0.533. The molecule has 0 fully saturated rings. The predicted octanol–water partition coefficient (Wildman–Crippen LogP) is 3.75. The summed E-state index contributed by atoms with van der Waals surface area (Å²) in [5.74, 6) is 0. The van der Waals surface area contributed by atoms with E-state index in [2.05, 4.69) is 25.8 Å². The summed E-state index contributed by atoms with van der Waals surface area (Å²) < 4.78 is 0.752. The van der Waals surface area contributed by atoms with Gasteiger partial charge in [-0.05, 0) is 19.3 Å². The van der Waals surface area contributed by atoms with Crippen LogP contribution < -0.4 is 0 Å². The quantitative estimate of drug-likeness (QED) is 0.692. The Labute approximate surface area is 83.8 Å². The molecular weight excluding hydrogens is 186 g/mol. The van der Waals surface area contributed by atoms with Crippen LogP contribution in [0.4, 0.5) is 0 Å². The summed E-state index contributed by atoms with van der Waals surface area (Å²) in [6, 6.07) is 0. The summed E-state index contributed by atoms with van der Waals surface area (Å²) >= 11 is 3.99. The monoisotopic (exact) mass is 203 g/mol. The van der Waals surface area contributed by atoms with Gasteiger partial charge >= 0.3 is 0 Å². The average Bonchev–Trinajstić information content (AvgIpc) is 2.16. The molecule has 0 aromatic rings. The van der Waals surface area contributed by atoms with E-state index in [9.17, 15) is 0 Å². The molecule has 0 aromatic heterocycles. The van der Waals surface area contributed by atoms with Crippen molar-refractivity contribution in [3.05, 3.63) is 0 Å². The van der Waals surface area contributed by atoms with Gasteiger partial charge in [-0.15, -0.1) is 11.8 Å². The summed E-state index contributed by atoms with van der Waals surface area (Å²) in [7, 11) is 0. The first-order chi connectivity index (χ1) is 5.80. The van der Waals surface area contributed by atoms with Crippen LogP contribution in [-0.2, 0) is 0 Å². The fourth-order valence-corrected chi connectivity index (χ4v) is 3.87. The van der Waals surface area contributed by atoms with Crippen molar-refractivity contribution >= 4 is 28.6 Å². The fraction of sp³-hybridized carbons (Fsp3) is 0.889. The lowest BCUT2D eigenvalue weighted by Gasteiger charge is -2.24. The average molecular weight is 203 g/mol.